The number of nitrogens with two attached hydrogens (primary N) is 1. The van der Waals surface area contributed by atoms with Gasteiger partial charge < -0.3 is 16.0 Å². The minimum Gasteiger partial charge on any atom is -0.370 e. The van der Waals surface area contributed by atoms with Gasteiger partial charge in [-0.2, -0.15) is 0 Å². The molecule has 0 amide bonds. The average Bonchev–Trinajstić information content (AvgIpc) is 2.49. The van der Waals surface area contributed by atoms with Crippen molar-refractivity contribution in [1.29, 1.82) is 5.41 Å². The van der Waals surface area contributed by atoms with Crippen LogP contribution in [0.4, 0.5) is 5.69 Å². The Morgan fingerprint density at radius 2 is 2.23 bits per heavy atom. The molecule has 0 spiro atoms. The van der Waals surface area contributed by atoms with Crippen molar-refractivity contribution in [3.63, 3.8) is 0 Å². The molecule has 0 bridgehead atoms. The van der Waals surface area contributed by atoms with Crippen LogP contribution in [0, 0.1) is 5.41 Å². The fourth-order valence-electron chi connectivity index (χ4n) is 1.29. The fourth-order valence-corrected chi connectivity index (χ4v) is 1.29. The largest absolute Gasteiger partial charge is 0.370 e. The number of aromatic nitrogens is 1. The lowest BCUT2D eigenvalue weighted by Gasteiger charge is -2.02. The summed E-state index contributed by atoms with van der Waals surface area (Å²) in [5.74, 6) is -0.0464. The summed E-state index contributed by atoms with van der Waals surface area (Å²) in [5, 5.41) is 10.9. The van der Waals surface area contributed by atoms with Crippen molar-refractivity contribution in [2.75, 3.05) is 5.32 Å². The average molecular weight is 174 g/mol. The Kier molecular flexibility index (Phi) is 1.66. The van der Waals surface area contributed by atoms with E-state index in [1.165, 1.54) is 0 Å². The van der Waals surface area contributed by atoms with Crippen molar-refractivity contribution < 1.29 is 0 Å². The van der Waals surface area contributed by atoms with Crippen LogP contribution < -0.4 is 11.1 Å². The molecule has 0 aliphatic heterocycles. The normalized spacial score (nSPS) is 10.2. The number of anilines is 1. The van der Waals surface area contributed by atoms with E-state index >= 15 is 0 Å². The van der Waals surface area contributed by atoms with Gasteiger partial charge in [0.1, 0.15) is 0 Å². The summed E-state index contributed by atoms with van der Waals surface area (Å²) < 4.78 is 0. The topological polar surface area (TPSA) is 77.7 Å². The summed E-state index contributed by atoms with van der Waals surface area (Å²) in [5.41, 5.74) is 7.12. The van der Waals surface area contributed by atoms with Gasteiger partial charge in [0.2, 0.25) is 0 Å². The first-order valence-electron chi connectivity index (χ1n) is 3.94. The standard InChI is InChI=1S/C9H10N4/c10-9(11)13-7-1-2-8-6(5-7)3-4-12-8/h1-5,12H,(H4,10,11,13). The highest BCUT2D eigenvalue weighted by molar-refractivity contribution is 5.93. The molecule has 2 aromatic rings. The van der Waals surface area contributed by atoms with E-state index in [1.807, 2.05) is 30.5 Å². The first-order chi connectivity index (χ1) is 6.25. The maximum Gasteiger partial charge on any atom is 0.190 e. The molecule has 0 unspecified atom stereocenters. The van der Waals surface area contributed by atoms with Crippen LogP contribution >= 0.6 is 0 Å². The van der Waals surface area contributed by atoms with Crippen molar-refractivity contribution in [1.82, 2.24) is 4.98 Å². The predicted molar refractivity (Wildman–Crippen MR) is 53.8 cm³/mol. The van der Waals surface area contributed by atoms with Crippen LogP contribution in [0.2, 0.25) is 0 Å². The highest BCUT2D eigenvalue weighted by atomic mass is 15.0. The van der Waals surface area contributed by atoms with Crippen molar-refractivity contribution in [3.05, 3.63) is 30.5 Å². The third kappa shape index (κ3) is 1.46. The van der Waals surface area contributed by atoms with Crippen LogP contribution in [-0.4, -0.2) is 10.9 Å². The van der Waals surface area contributed by atoms with E-state index in [1.54, 1.807) is 0 Å². The predicted octanol–water partition coefficient (Wildman–Crippen LogP) is 1.47. The number of rotatable bonds is 1. The highest BCUT2D eigenvalue weighted by Gasteiger charge is 1.96. The van der Waals surface area contributed by atoms with E-state index < -0.39 is 0 Å². The van der Waals surface area contributed by atoms with Gasteiger partial charge >= 0.3 is 0 Å². The van der Waals surface area contributed by atoms with Crippen LogP contribution in [0.25, 0.3) is 10.9 Å². The number of aromatic amines is 1. The molecule has 0 radical (unpaired) electrons. The molecular weight excluding hydrogens is 164 g/mol. The van der Waals surface area contributed by atoms with Crippen molar-refractivity contribution >= 4 is 22.5 Å². The van der Waals surface area contributed by atoms with E-state index in [0.29, 0.717) is 0 Å². The molecule has 4 heteroatoms. The lowest BCUT2D eigenvalue weighted by molar-refractivity contribution is 1.41. The molecule has 0 saturated carbocycles. The second-order valence-corrected chi connectivity index (χ2v) is 2.82. The molecule has 1 aromatic heterocycles. The van der Waals surface area contributed by atoms with Crippen LogP contribution in [0.3, 0.4) is 0 Å². The van der Waals surface area contributed by atoms with Crippen molar-refractivity contribution in [3.8, 4) is 0 Å². The third-order valence-corrected chi connectivity index (χ3v) is 1.83. The minimum atomic E-state index is -0.0464. The van der Waals surface area contributed by atoms with E-state index in [4.69, 9.17) is 11.1 Å². The molecule has 1 aromatic carbocycles. The maximum atomic E-state index is 7.06. The number of nitrogens with one attached hydrogen (secondary N) is 3. The van der Waals surface area contributed by atoms with Crippen LogP contribution in [0.1, 0.15) is 0 Å². The molecule has 4 nitrogen and oxygen atoms in total. The second kappa shape index (κ2) is 2.82. The number of guanidine groups is 1. The number of hydrogen-bond donors (Lipinski definition) is 4. The van der Waals surface area contributed by atoms with Crippen molar-refractivity contribution in [2.24, 2.45) is 5.73 Å². The summed E-state index contributed by atoms with van der Waals surface area (Å²) in [6, 6.07) is 7.73. The van der Waals surface area contributed by atoms with Gasteiger partial charge in [-0.25, -0.2) is 0 Å². The minimum absolute atomic E-state index is 0.0464. The molecular formula is C9H10N4. The quantitative estimate of drug-likeness (QED) is 0.390. The molecule has 0 atom stereocenters. The SMILES string of the molecule is N=C(N)Nc1ccc2[nH]ccc2c1. The van der Waals surface area contributed by atoms with Crippen molar-refractivity contribution in [2.45, 2.75) is 0 Å². The van der Waals surface area contributed by atoms with Gasteiger partial charge in [-0.15, -0.1) is 0 Å². The number of fused-ring (bicyclic) bond motifs is 1. The molecule has 0 aliphatic carbocycles. The van der Waals surface area contributed by atoms with Gasteiger partial charge in [0, 0.05) is 22.8 Å². The van der Waals surface area contributed by atoms with E-state index in [9.17, 15) is 0 Å². The van der Waals surface area contributed by atoms with E-state index in [2.05, 4.69) is 10.3 Å². The number of hydrogen-bond acceptors (Lipinski definition) is 1. The highest BCUT2D eigenvalue weighted by Crippen LogP contribution is 2.17. The zero-order chi connectivity index (χ0) is 9.26. The molecule has 0 fully saturated rings. The first-order valence-corrected chi connectivity index (χ1v) is 3.94. The molecule has 1 heterocycles. The number of H-pyrrole nitrogens is 1. The molecule has 2 rings (SSSR count). The van der Waals surface area contributed by atoms with E-state index in [0.717, 1.165) is 16.6 Å². The molecule has 0 saturated heterocycles. The second-order valence-electron chi connectivity index (χ2n) is 2.82. The lowest BCUT2D eigenvalue weighted by atomic mass is 10.2. The maximum absolute atomic E-state index is 7.06. The fraction of sp³-hybridized carbons (Fsp3) is 0. The third-order valence-electron chi connectivity index (χ3n) is 1.83. The molecule has 5 N–H and O–H groups in total. The summed E-state index contributed by atoms with van der Waals surface area (Å²) in [4.78, 5) is 3.09. The van der Waals surface area contributed by atoms with Gasteiger partial charge in [-0.1, -0.05) is 0 Å². The Labute approximate surface area is 75.3 Å². The number of benzene rings is 1. The molecule has 0 aliphatic rings. The van der Waals surface area contributed by atoms with Gasteiger partial charge in [-0.05, 0) is 24.3 Å². The Morgan fingerprint density at radius 3 is 3.00 bits per heavy atom. The Bertz CT molecular complexity index is 444. The van der Waals surface area contributed by atoms with Crippen LogP contribution in [-0.2, 0) is 0 Å². The zero-order valence-corrected chi connectivity index (χ0v) is 6.96. The monoisotopic (exact) mass is 174 g/mol. The lowest BCUT2D eigenvalue weighted by Crippen LogP contribution is -2.20. The molecule has 13 heavy (non-hydrogen) atoms. The Balaban J connectivity index is 2.42. The van der Waals surface area contributed by atoms with Gasteiger partial charge in [0.25, 0.3) is 0 Å². The van der Waals surface area contributed by atoms with Gasteiger partial charge in [-0.3, -0.25) is 5.41 Å². The summed E-state index contributed by atoms with van der Waals surface area (Å²) >= 11 is 0. The summed E-state index contributed by atoms with van der Waals surface area (Å²) in [6.45, 7) is 0. The van der Waals surface area contributed by atoms with Gasteiger partial charge in [0.05, 0.1) is 0 Å². The Morgan fingerprint density at radius 1 is 1.38 bits per heavy atom. The first kappa shape index (κ1) is 7.67. The Hall–Kier alpha value is -1.97. The summed E-state index contributed by atoms with van der Waals surface area (Å²) in [6.07, 6.45) is 1.88. The van der Waals surface area contributed by atoms with E-state index in [-0.39, 0.29) is 5.96 Å². The summed E-state index contributed by atoms with van der Waals surface area (Å²) in [7, 11) is 0. The van der Waals surface area contributed by atoms with Crippen LogP contribution in [0.5, 0.6) is 0 Å². The zero-order valence-electron chi connectivity index (χ0n) is 6.96. The molecule has 66 valence electrons. The van der Waals surface area contributed by atoms with Gasteiger partial charge in [0.15, 0.2) is 5.96 Å². The van der Waals surface area contributed by atoms with Crippen LogP contribution in [0.15, 0.2) is 30.5 Å². The smallest absolute Gasteiger partial charge is 0.190 e.